The highest BCUT2D eigenvalue weighted by Gasteiger charge is 2.32. The van der Waals surface area contributed by atoms with Crippen LogP contribution in [0.15, 0.2) is 15.5 Å². The van der Waals surface area contributed by atoms with Crippen LogP contribution in [0.2, 0.25) is 0 Å². The van der Waals surface area contributed by atoms with Crippen molar-refractivity contribution in [3.05, 3.63) is 21.0 Å². The van der Waals surface area contributed by atoms with Crippen molar-refractivity contribution in [3.63, 3.8) is 0 Å². The van der Waals surface area contributed by atoms with E-state index in [1.54, 1.807) is 10.9 Å². The Hall–Kier alpha value is -0.880. The summed E-state index contributed by atoms with van der Waals surface area (Å²) in [7, 11) is 0. The Morgan fingerprint density at radius 1 is 1.53 bits per heavy atom. The molecule has 0 radical (unpaired) electrons. The quantitative estimate of drug-likeness (QED) is 0.863. The lowest BCUT2D eigenvalue weighted by Crippen LogP contribution is -2.52. The molecule has 2 saturated carbocycles. The molecule has 1 heterocycles. The summed E-state index contributed by atoms with van der Waals surface area (Å²) in [5, 5.41) is 7.48. The van der Waals surface area contributed by atoms with Gasteiger partial charge in [0.25, 0.3) is 5.56 Å². The molecular formula is C13H19BrN4O. The summed E-state index contributed by atoms with van der Waals surface area (Å²) >= 11 is 3.37. The number of nitrogens with one attached hydrogen (secondary N) is 1. The number of rotatable bonds is 5. The Balaban J connectivity index is 1.71. The van der Waals surface area contributed by atoms with E-state index in [1.165, 1.54) is 19.3 Å². The summed E-state index contributed by atoms with van der Waals surface area (Å²) in [4.78, 5) is 12.1. The molecule has 104 valence electrons. The molecule has 5 nitrogen and oxygen atoms in total. The van der Waals surface area contributed by atoms with Crippen LogP contribution in [0.25, 0.3) is 0 Å². The van der Waals surface area contributed by atoms with Gasteiger partial charge in [0.15, 0.2) is 0 Å². The molecule has 3 N–H and O–H groups in total. The first-order chi connectivity index (χ1) is 9.07. The van der Waals surface area contributed by atoms with Crippen LogP contribution in [0.5, 0.6) is 0 Å². The predicted octanol–water partition coefficient (Wildman–Crippen LogP) is 1.71. The lowest BCUT2D eigenvalue weighted by molar-refractivity contribution is 0.265. The van der Waals surface area contributed by atoms with E-state index in [0.29, 0.717) is 16.9 Å². The van der Waals surface area contributed by atoms with E-state index in [4.69, 9.17) is 5.73 Å². The molecule has 2 fully saturated rings. The molecule has 0 atom stereocenters. The van der Waals surface area contributed by atoms with E-state index in [2.05, 4.69) is 26.3 Å². The summed E-state index contributed by atoms with van der Waals surface area (Å²) in [5.41, 5.74) is 6.74. The third-order valence-electron chi connectivity index (χ3n) is 4.09. The first kappa shape index (κ1) is 13.1. The minimum absolute atomic E-state index is 0.0587. The Morgan fingerprint density at radius 3 is 2.84 bits per heavy atom. The van der Waals surface area contributed by atoms with Gasteiger partial charge < -0.3 is 11.1 Å². The molecule has 2 aliphatic rings. The van der Waals surface area contributed by atoms with Gasteiger partial charge in [0.1, 0.15) is 4.47 Å². The number of halogens is 1. The zero-order valence-electron chi connectivity index (χ0n) is 10.9. The molecule has 0 bridgehead atoms. The summed E-state index contributed by atoms with van der Waals surface area (Å²) < 4.78 is 2.11. The van der Waals surface area contributed by atoms with Gasteiger partial charge in [0.2, 0.25) is 0 Å². The first-order valence-electron chi connectivity index (χ1n) is 6.86. The predicted molar refractivity (Wildman–Crippen MR) is 78.2 cm³/mol. The SMILES string of the molecule is NC1(CNc2cnn(CC3CC3)c(=O)c2Br)CCC1. The average Bonchev–Trinajstić information content (AvgIpc) is 3.16. The largest absolute Gasteiger partial charge is 0.381 e. The second-order valence-electron chi connectivity index (χ2n) is 5.87. The van der Waals surface area contributed by atoms with Crippen LogP contribution in [0, 0.1) is 5.92 Å². The van der Waals surface area contributed by atoms with Crippen molar-refractivity contribution >= 4 is 21.6 Å². The Morgan fingerprint density at radius 2 is 2.26 bits per heavy atom. The second-order valence-corrected chi connectivity index (χ2v) is 6.67. The van der Waals surface area contributed by atoms with E-state index in [9.17, 15) is 4.79 Å². The fraction of sp³-hybridized carbons (Fsp3) is 0.692. The zero-order chi connectivity index (χ0) is 13.5. The summed E-state index contributed by atoms with van der Waals surface area (Å²) in [6.07, 6.45) is 7.42. The molecule has 1 aromatic heterocycles. The minimum atomic E-state index is -0.109. The number of anilines is 1. The Kier molecular flexibility index (Phi) is 3.39. The highest BCUT2D eigenvalue weighted by atomic mass is 79.9. The summed E-state index contributed by atoms with van der Waals surface area (Å²) in [5.74, 6) is 0.637. The highest BCUT2D eigenvalue weighted by Crippen LogP contribution is 2.31. The number of nitrogens with two attached hydrogens (primary N) is 1. The molecule has 2 aliphatic carbocycles. The van der Waals surface area contributed by atoms with Crippen LogP contribution in [0.3, 0.4) is 0 Å². The third-order valence-corrected chi connectivity index (χ3v) is 4.86. The molecule has 0 aliphatic heterocycles. The van der Waals surface area contributed by atoms with Crippen LogP contribution in [0.4, 0.5) is 5.69 Å². The molecular weight excluding hydrogens is 308 g/mol. The average molecular weight is 327 g/mol. The summed E-state index contributed by atoms with van der Waals surface area (Å²) in [6.45, 7) is 1.43. The molecule has 0 amide bonds. The lowest BCUT2D eigenvalue weighted by Gasteiger charge is -2.38. The van der Waals surface area contributed by atoms with Gasteiger partial charge in [-0.1, -0.05) is 0 Å². The van der Waals surface area contributed by atoms with Gasteiger partial charge in [0, 0.05) is 18.6 Å². The van der Waals surface area contributed by atoms with Crippen molar-refractivity contribution in [3.8, 4) is 0 Å². The van der Waals surface area contributed by atoms with Crippen molar-refractivity contribution in [1.82, 2.24) is 9.78 Å². The van der Waals surface area contributed by atoms with Gasteiger partial charge in [-0.3, -0.25) is 4.79 Å². The number of hydrogen-bond acceptors (Lipinski definition) is 4. The first-order valence-corrected chi connectivity index (χ1v) is 7.65. The Bertz CT molecular complexity index is 534. The standard InChI is InChI=1S/C13H19BrN4O/c14-11-10(16-8-13(15)4-1-5-13)6-17-18(12(11)19)7-9-2-3-9/h6,9,16H,1-5,7-8,15H2. The number of aromatic nitrogens is 2. The maximum Gasteiger partial charge on any atom is 0.283 e. The molecule has 0 aromatic carbocycles. The molecule has 0 spiro atoms. The topological polar surface area (TPSA) is 72.9 Å². The molecule has 0 unspecified atom stereocenters. The highest BCUT2D eigenvalue weighted by molar-refractivity contribution is 9.10. The van der Waals surface area contributed by atoms with Crippen molar-refractivity contribution in [2.24, 2.45) is 11.7 Å². The van der Waals surface area contributed by atoms with Crippen LogP contribution < -0.4 is 16.6 Å². The van der Waals surface area contributed by atoms with E-state index in [1.807, 2.05) is 0 Å². The van der Waals surface area contributed by atoms with Crippen LogP contribution in [-0.2, 0) is 6.54 Å². The normalized spacial score (nSPS) is 20.9. The molecule has 19 heavy (non-hydrogen) atoms. The molecule has 1 aromatic rings. The van der Waals surface area contributed by atoms with Gasteiger partial charge in [-0.2, -0.15) is 5.10 Å². The van der Waals surface area contributed by atoms with E-state index >= 15 is 0 Å². The van der Waals surface area contributed by atoms with E-state index in [0.717, 1.165) is 25.1 Å². The zero-order valence-corrected chi connectivity index (χ0v) is 12.4. The van der Waals surface area contributed by atoms with E-state index < -0.39 is 0 Å². The minimum Gasteiger partial charge on any atom is -0.381 e. The number of hydrogen-bond donors (Lipinski definition) is 2. The van der Waals surface area contributed by atoms with Crippen molar-refractivity contribution < 1.29 is 0 Å². The maximum absolute atomic E-state index is 12.1. The summed E-state index contributed by atoms with van der Waals surface area (Å²) in [6, 6.07) is 0. The Labute approximate surface area is 120 Å². The van der Waals surface area contributed by atoms with Crippen LogP contribution in [-0.4, -0.2) is 21.9 Å². The second kappa shape index (κ2) is 4.90. The van der Waals surface area contributed by atoms with Crippen molar-refractivity contribution in [1.29, 1.82) is 0 Å². The third kappa shape index (κ3) is 2.84. The van der Waals surface area contributed by atoms with E-state index in [-0.39, 0.29) is 11.1 Å². The maximum atomic E-state index is 12.1. The molecule has 6 heteroatoms. The number of nitrogens with zero attached hydrogens (tertiary/aromatic N) is 2. The lowest BCUT2D eigenvalue weighted by atomic mass is 9.78. The van der Waals surface area contributed by atoms with Gasteiger partial charge in [-0.05, 0) is 54.0 Å². The van der Waals surface area contributed by atoms with Crippen molar-refractivity contribution in [2.75, 3.05) is 11.9 Å². The van der Waals surface area contributed by atoms with Gasteiger partial charge in [0.05, 0.1) is 11.9 Å². The van der Waals surface area contributed by atoms with Crippen molar-refractivity contribution in [2.45, 2.75) is 44.2 Å². The van der Waals surface area contributed by atoms with Crippen LogP contribution in [0.1, 0.15) is 32.1 Å². The van der Waals surface area contributed by atoms with Gasteiger partial charge >= 0.3 is 0 Å². The molecule has 3 rings (SSSR count). The smallest absolute Gasteiger partial charge is 0.283 e. The fourth-order valence-corrected chi connectivity index (χ4v) is 2.79. The fourth-order valence-electron chi connectivity index (χ4n) is 2.34. The van der Waals surface area contributed by atoms with Gasteiger partial charge in [-0.25, -0.2) is 4.68 Å². The van der Waals surface area contributed by atoms with Gasteiger partial charge in [-0.15, -0.1) is 0 Å². The van der Waals surface area contributed by atoms with Crippen LogP contribution >= 0.6 is 15.9 Å². The molecule has 0 saturated heterocycles. The monoisotopic (exact) mass is 326 g/mol.